The molecule has 7 nitrogen and oxygen atoms in total. The van der Waals surface area contributed by atoms with Gasteiger partial charge in [-0.2, -0.15) is 0 Å². The third kappa shape index (κ3) is 3.85. The number of carbonyl (C=O) groups excluding carboxylic acids is 3. The van der Waals surface area contributed by atoms with E-state index in [1.165, 1.54) is 38.5 Å². The monoisotopic (exact) mass is 421 g/mol. The van der Waals surface area contributed by atoms with Gasteiger partial charge in [0, 0.05) is 10.7 Å². The molecule has 8 heteroatoms. The molecule has 1 aromatic carbocycles. The third-order valence-corrected chi connectivity index (χ3v) is 4.01. The number of benzene rings is 1. The van der Waals surface area contributed by atoms with Gasteiger partial charge in [0.1, 0.15) is 5.70 Å². The first-order chi connectivity index (χ1) is 12.4. The molecule has 0 atom stereocenters. The van der Waals surface area contributed by atoms with Gasteiger partial charge >= 0.3 is 17.9 Å². The molecule has 0 saturated heterocycles. The molecule has 0 radical (unpaired) electrons. The third-order valence-electron chi connectivity index (χ3n) is 3.51. The maximum Gasteiger partial charge on any atom is 0.355 e. The highest BCUT2D eigenvalue weighted by molar-refractivity contribution is 9.10. The molecule has 0 aromatic heterocycles. The molecule has 0 spiro atoms. The highest BCUT2D eigenvalue weighted by Gasteiger charge is 2.29. The van der Waals surface area contributed by atoms with Crippen LogP contribution in [0.5, 0.6) is 0 Å². The van der Waals surface area contributed by atoms with Crippen molar-refractivity contribution in [2.45, 2.75) is 0 Å². The van der Waals surface area contributed by atoms with Gasteiger partial charge < -0.3 is 19.1 Å². The number of halogens is 1. The van der Waals surface area contributed by atoms with Crippen LogP contribution in [0.3, 0.4) is 0 Å². The summed E-state index contributed by atoms with van der Waals surface area (Å²) in [5.41, 5.74) is 0.431. The van der Waals surface area contributed by atoms with Crippen molar-refractivity contribution < 1.29 is 28.6 Å². The van der Waals surface area contributed by atoms with Crippen LogP contribution in [0.15, 0.2) is 58.4 Å². The quantitative estimate of drug-likeness (QED) is 0.545. The van der Waals surface area contributed by atoms with Crippen molar-refractivity contribution in [1.29, 1.82) is 0 Å². The van der Waals surface area contributed by atoms with Crippen molar-refractivity contribution >= 4 is 39.5 Å². The highest BCUT2D eigenvalue weighted by atomic mass is 79.9. The van der Waals surface area contributed by atoms with Gasteiger partial charge in [0.25, 0.3) is 0 Å². The van der Waals surface area contributed by atoms with Crippen molar-refractivity contribution in [1.82, 2.24) is 0 Å². The van der Waals surface area contributed by atoms with Crippen LogP contribution < -0.4 is 4.90 Å². The van der Waals surface area contributed by atoms with E-state index in [-0.39, 0.29) is 16.8 Å². The van der Waals surface area contributed by atoms with Gasteiger partial charge in [-0.05, 0) is 30.4 Å². The Labute approximate surface area is 158 Å². The standard InChI is InChI=1S/C18H16BrNO6/c1-24-16(21)12-6-4-5-9-20(15(12)18(23)26-3)14-8-7-11(19)10-13(14)17(22)25-2/h4-10H,1-3H3. The number of hydrogen-bond acceptors (Lipinski definition) is 7. The Morgan fingerprint density at radius 3 is 2.19 bits per heavy atom. The topological polar surface area (TPSA) is 82.1 Å². The van der Waals surface area contributed by atoms with E-state index in [1.807, 2.05) is 0 Å². The summed E-state index contributed by atoms with van der Waals surface area (Å²) in [4.78, 5) is 38.2. The maximum atomic E-state index is 12.4. The first-order valence-corrected chi connectivity index (χ1v) is 8.16. The summed E-state index contributed by atoms with van der Waals surface area (Å²) in [5, 5.41) is 0. The van der Waals surface area contributed by atoms with E-state index in [2.05, 4.69) is 15.9 Å². The van der Waals surface area contributed by atoms with E-state index in [0.29, 0.717) is 10.2 Å². The van der Waals surface area contributed by atoms with Gasteiger partial charge in [0.15, 0.2) is 0 Å². The molecule has 1 aliphatic rings. The average molecular weight is 422 g/mol. The summed E-state index contributed by atoms with van der Waals surface area (Å²) in [5.74, 6) is -2.08. The van der Waals surface area contributed by atoms with Crippen molar-refractivity contribution in [3.05, 3.63) is 63.9 Å². The largest absolute Gasteiger partial charge is 0.465 e. The number of nitrogens with zero attached hydrogens (tertiary/aromatic N) is 1. The zero-order chi connectivity index (χ0) is 19.3. The summed E-state index contributed by atoms with van der Waals surface area (Å²) in [7, 11) is 3.66. The Morgan fingerprint density at radius 1 is 0.923 bits per heavy atom. The number of anilines is 1. The minimum absolute atomic E-state index is 0.0110. The van der Waals surface area contributed by atoms with Crippen LogP contribution in [0.25, 0.3) is 0 Å². The molecule has 1 aliphatic heterocycles. The molecule has 1 aromatic rings. The predicted octanol–water partition coefficient (Wildman–Crippen LogP) is 2.73. The normalized spacial score (nSPS) is 13.3. The lowest BCUT2D eigenvalue weighted by Crippen LogP contribution is -2.28. The highest BCUT2D eigenvalue weighted by Crippen LogP contribution is 2.31. The molecular formula is C18H16BrNO6. The molecule has 0 fully saturated rings. The van der Waals surface area contributed by atoms with Gasteiger partial charge in [0.2, 0.25) is 0 Å². The van der Waals surface area contributed by atoms with Crippen LogP contribution in [-0.4, -0.2) is 39.2 Å². The van der Waals surface area contributed by atoms with Gasteiger partial charge in [0.05, 0.1) is 38.2 Å². The summed E-state index contributed by atoms with van der Waals surface area (Å²) in [6, 6.07) is 4.87. The van der Waals surface area contributed by atoms with Crippen LogP contribution in [-0.2, 0) is 23.8 Å². The lowest BCUT2D eigenvalue weighted by molar-refractivity contribution is -0.139. The first kappa shape index (κ1) is 19.5. The SMILES string of the molecule is COC(=O)C1=C(C(=O)OC)N(c2ccc(Br)cc2C(=O)OC)C=CC=C1. The van der Waals surface area contributed by atoms with E-state index in [4.69, 9.17) is 14.2 Å². The second kappa shape index (κ2) is 8.48. The van der Waals surface area contributed by atoms with E-state index in [0.717, 1.165) is 0 Å². The zero-order valence-corrected chi connectivity index (χ0v) is 15.9. The zero-order valence-electron chi connectivity index (χ0n) is 14.3. The van der Waals surface area contributed by atoms with Gasteiger partial charge in [-0.25, -0.2) is 14.4 Å². The molecule has 1 heterocycles. The summed E-state index contributed by atoms with van der Waals surface area (Å²) >= 11 is 3.30. The van der Waals surface area contributed by atoms with E-state index in [9.17, 15) is 14.4 Å². The molecule has 0 aliphatic carbocycles. The van der Waals surface area contributed by atoms with E-state index in [1.54, 1.807) is 30.4 Å². The number of esters is 3. The maximum absolute atomic E-state index is 12.4. The lowest BCUT2D eigenvalue weighted by atomic mass is 10.1. The van der Waals surface area contributed by atoms with Gasteiger partial charge in [-0.1, -0.05) is 22.0 Å². The van der Waals surface area contributed by atoms with Crippen molar-refractivity contribution in [2.75, 3.05) is 26.2 Å². The second-order valence-corrected chi connectivity index (χ2v) is 5.88. The number of methoxy groups -OCH3 is 3. The Bertz CT molecular complexity index is 840. The van der Waals surface area contributed by atoms with Crippen molar-refractivity contribution in [3.8, 4) is 0 Å². The van der Waals surface area contributed by atoms with Gasteiger partial charge in [-0.3, -0.25) is 0 Å². The molecule has 0 N–H and O–H groups in total. The fourth-order valence-electron chi connectivity index (χ4n) is 2.34. The molecule has 136 valence electrons. The van der Waals surface area contributed by atoms with Gasteiger partial charge in [-0.15, -0.1) is 0 Å². The van der Waals surface area contributed by atoms with E-state index >= 15 is 0 Å². The number of ether oxygens (including phenoxy) is 3. The summed E-state index contributed by atoms with van der Waals surface area (Å²) < 4.78 is 15.1. The van der Waals surface area contributed by atoms with Crippen LogP contribution in [0, 0.1) is 0 Å². The number of rotatable bonds is 4. The molecule has 2 rings (SSSR count). The lowest BCUT2D eigenvalue weighted by Gasteiger charge is -2.24. The van der Waals surface area contributed by atoms with Crippen LogP contribution >= 0.6 is 15.9 Å². The number of hydrogen-bond donors (Lipinski definition) is 0. The smallest absolute Gasteiger partial charge is 0.355 e. The Kier molecular flexibility index (Phi) is 6.35. The molecule has 0 unspecified atom stereocenters. The fraction of sp³-hybridized carbons (Fsp3) is 0.167. The minimum Gasteiger partial charge on any atom is -0.465 e. The molecule has 0 bridgehead atoms. The van der Waals surface area contributed by atoms with E-state index < -0.39 is 17.9 Å². The first-order valence-electron chi connectivity index (χ1n) is 7.37. The molecule has 26 heavy (non-hydrogen) atoms. The molecular weight excluding hydrogens is 406 g/mol. The Balaban J connectivity index is 2.76. The molecule has 0 saturated carbocycles. The Hall–Kier alpha value is -2.87. The average Bonchev–Trinajstić information content (AvgIpc) is 2.88. The predicted molar refractivity (Wildman–Crippen MR) is 97.3 cm³/mol. The Morgan fingerprint density at radius 2 is 1.58 bits per heavy atom. The molecule has 0 amide bonds. The van der Waals surface area contributed by atoms with Crippen molar-refractivity contribution in [2.24, 2.45) is 0 Å². The minimum atomic E-state index is -0.764. The van der Waals surface area contributed by atoms with Crippen LogP contribution in [0.2, 0.25) is 0 Å². The van der Waals surface area contributed by atoms with Crippen LogP contribution in [0.4, 0.5) is 5.69 Å². The fourth-order valence-corrected chi connectivity index (χ4v) is 2.70. The second-order valence-electron chi connectivity index (χ2n) is 4.97. The van der Waals surface area contributed by atoms with Crippen molar-refractivity contribution in [3.63, 3.8) is 0 Å². The van der Waals surface area contributed by atoms with Crippen LogP contribution in [0.1, 0.15) is 10.4 Å². The summed E-state index contributed by atoms with van der Waals surface area (Å²) in [6.45, 7) is 0. The summed E-state index contributed by atoms with van der Waals surface area (Å²) in [6.07, 6.45) is 6.16. The number of carbonyl (C=O) groups is 3. The number of allylic oxidation sites excluding steroid dienone is 2.